The van der Waals surface area contributed by atoms with Gasteiger partial charge in [-0.25, -0.2) is 0 Å². The Morgan fingerprint density at radius 2 is 1.72 bits per heavy atom. The number of benzene rings is 1. The van der Waals surface area contributed by atoms with Crippen molar-refractivity contribution >= 4 is 5.69 Å². The normalized spacial score (nSPS) is 12.6. The highest BCUT2D eigenvalue weighted by molar-refractivity contribution is 5.54. The summed E-state index contributed by atoms with van der Waals surface area (Å²) in [4.78, 5) is 1.59. The van der Waals surface area contributed by atoms with Gasteiger partial charge in [0.15, 0.2) is 0 Å². The van der Waals surface area contributed by atoms with Crippen molar-refractivity contribution < 1.29 is 13.2 Å². The zero-order valence-corrected chi connectivity index (χ0v) is 10.9. The van der Waals surface area contributed by atoms with Gasteiger partial charge < -0.3 is 10.6 Å². The van der Waals surface area contributed by atoms with Crippen molar-refractivity contribution in [2.45, 2.75) is 32.0 Å². The standard InChI is InChI=1S/C13H19F3N2/c1-12(2,17)8-9-18(3)11-7-5-4-6-10(11)13(14,15)16/h4-7H,8-9,17H2,1-3H3. The van der Waals surface area contributed by atoms with Crippen molar-refractivity contribution in [1.82, 2.24) is 0 Å². The van der Waals surface area contributed by atoms with Crippen molar-refractivity contribution in [2.24, 2.45) is 5.73 Å². The van der Waals surface area contributed by atoms with E-state index in [4.69, 9.17) is 5.73 Å². The third-order valence-corrected chi connectivity index (χ3v) is 2.71. The second-order valence-electron chi connectivity index (χ2n) is 5.18. The molecule has 1 rings (SSSR count). The summed E-state index contributed by atoms with van der Waals surface area (Å²) < 4.78 is 38.5. The molecule has 0 aliphatic carbocycles. The van der Waals surface area contributed by atoms with Gasteiger partial charge in [-0.05, 0) is 32.4 Å². The van der Waals surface area contributed by atoms with Crippen molar-refractivity contribution in [3.05, 3.63) is 29.8 Å². The monoisotopic (exact) mass is 260 g/mol. The van der Waals surface area contributed by atoms with Crippen LogP contribution in [0.2, 0.25) is 0 Å². The molecular formula is C13H19F3N2. The molecule has 0 bridgehead atoms. The van der Waals surface area contributed by atoms with Gasteiger partial charge in [0.05, 0.1) is 5.56 Å². The van der Waals surface area contributed by atoms with Crippen LogP contribution in [-0.2, 0) is 6.18 Å². The second kappa shape index (κ2) is 5.18. The van der Waals surface area contributed by atoms with Crippen LogP contribution in [0.1, 0.15) is 25.8 Å². The summed E-state index contributed by atoms with van der Waals surface area (Å²) in [7, 11) is 1.65. The molecule has 0 saturated heterocycles. The Balaban J connectivity index is 2.89. The van der Waals surface area contributed by atoms with Crippen LogP contribution >= 0.6 is 0 Å². The van der Waals surface area contributed by atoms with Gasteiger partial charge in [-0.2, -0.15) is 13.2 Å². The van der Waals surface area contributed by atoms with Gasteiger partial charge in [0.25, 0.3) is 0 Å². The summed E-state index contributed by atoms with van der Waals surface area (Å²) in [5, 5.41) is 0. The minimum atomic E-state index is -4.33. The third-order valence-electron chi connectivity index (χ3n) is 2.71. The van der Waals surface area contributed by atoms with E-state index in [1.165, 1.54) is 12.1 Å². The molecule has 18 heavy (non-hydrogen) atoms. The first-order valence-electron chi connectivity index (χ1n) is 5.77. The molecule has 0 fully saturated rings. The fourth-order valence-corrected chi connectivity index (χ4v) is 1.62. The molecular weight excluding hydrogens is 241 g/mol. The summed E-state index contributed by atoms with van der Waals surface area (Å²) in [5.41, 5.74) is 5.03. The van der Waals surface area contributed by atoms with Crippen LogP contribution in [0, 0.1) is 0 Å². The summed E-state index contributed by atoms with van der Waals surface area (Å²) in [6, 6.07) is 5.58. The van der Waals surface area contributed by atoms with Crippen molar-refractivity contribution in [2.75, 3.05) is 18.5 Å². The number of halogens is 3. The van der Waals surface area contributed by atoms with Crippen LogP contribution in [0.15, 0.2) is 24.3 Å². The van der Waals surface area contributed by atoms with Crippen molar-refractivity contribution in [1.29, 1.82) is 0 Å². The Kier molecular flexibility index (Phi) is 4.27. The molecule has 102 valence electrons. The number of nitrogens with zero attached hydrogens (tertiary/aromatic N) is 1. The summed E-state index contributed by atoms with van der Waals surface area (Å²) in [5.74, 6) is 0. The van der Waals surface area contributed by atoms with Gasteiger partial charge in [-0.3, -0.25) is 0 Å². The molecule has 1 aromatic rings. The molecule has 2 N–H and O–H groups in total. The van der Waals surface area contributed by atoms with Crippen molar-refractivity contribution in [3.8, 4) is 0 Å². The fraction of sp³-hybridized carbons (Fsp3) is 0.538. The van der Waals surface area contributed by atoms with Gasteiger partial charge >= 0.3 is 6.18 Å². The largest absolute Gasteiger partial charge is 0.418 e. The Morgan fingerprint density at radius 1 is 1.17 bits per heavy atom. The van der Waals surface area contributed by atoms with E-state index in [0.717, 1.165) is 6.07 Å². The number of anilines is 1. The Morgan fingerprint density at radius 3 is 2.22 bits per heavy atom. The molecule has 1 aromatic carbocycles. The predicted molar refractivity (Wildman–Crippen MR) is 67.6 cm³/mol. The lowest BCUT2D eigenvalue weighted by Gasteiger charge is -2.27. The Labute approximate surface area is 106 Å². The zero-order valence-electron chi connectivity index (χ0n) is 10.9. The highest BCUT2D eigenvalue weighted by Crippen LogP contribution is 2.36. The molecule has 5 heteroatoms. The highest BCUT2D eigenvalue weighted by atomic mass is 19.4. The topological polar surface area (TPSA) is 29.3 Å². The molecule has 0 unspecified atom stereocenters. The van der Waals surface area contributed by atoms with E-state index in [9.17, 15) is 13.2 Å². The van der Waals surface area contributed by atoms with Gasteiger partial charge in [0.2, 0.25) is 0 Å². The lowest BCUT2D eigenvalue weighted by molar-refractivity contribution is -0.137. The number of hydrogen-bond donors (Lipinski definition) is 1. The lowest BCUT2D eigenvalue weighted by Crippen LogP contribution is -2.36. The first-order chi connectivity index (χ1) is 8.11. The predicted octanol–water partition coefficient (Wildman–Crippen LogP) is 3.27. The number of nitrogens with two attached hydrogens (primary N) is 1. The number of alkyl halides is 3. The van der Waals surface area contributed by atoms with Crippen molar-refractivity contribution in [3.63, 3.8) is 0 Å². The van der Waals surface area contributed by atoms with E-state index < -0.39 is 11.7 Å². The molecule has 0 aliphatic rings. The molecule has 0 atom stereocenters. The first kappa shape index (κ1) is 14.8. The number of rotatable bonds is 4. The molecule has 0 saturated carbocycles. The third kappa shape index (κ3) is 4.22. The van der Waals surface area contributed by atoms with Crippen LogP contribution in [0.25, 0.3) is 0 Å². The maximum Gasteiger partial charge on any atom is 0.418 e. The minimum absolute atomic E-state index is 0.189. The maximum atomic E-state index is 12.8. The maximum absolute atomic E-state index is 12.8. The summed E-state index contributed by atoms with van der Waals surface area (Å²) in [6.45, 7) is 4.20. The molecule has 0 spiro atoms. The zero-order chi connectivity index (χ0) is 14.0. The van der Waals surface area contributed by atoms with E-state index in [-0.39, 0.29) is 11.2 Å². The smallest absolute Gasteiger partial charge is 0.374 e. The van der Waals surface area contributed by atoms with Gasteiger partial charge in [0.1, 0.15) is 0 Å². The highest BCUT2D eigenvalue weighted by Gasteiger charge is 2.34. The van der Waals surface area contributed by atoms with Crippen LogP contribution in [0.3, 0.4) is 0 Å². The van der Waals surface area contributed by atoms with E-state index >= 15 is 0 Å². The van der Waals surface area contributed by atoms with Gasteiger partial charge in [-0.15, -0.1) is 0 Å². The molecule has 0 aliphatic heterocycles. The summed E-state index contributed by atoms with van der Waals surface area (Å²) >= 11 is 0. The van der Waals surface area contributed by atoms with Crippen LogP contribution in [0.4, 0.5) is 18.9 Å². The average molecular weight is 260 g/mol. The van der Waals surface area contributed by atoms with E-state index in [2.05, 4.69) is 0 Å². The Hall–Kier alpha value is -1.23. The van der Waals surface area contributed by atoms with E-state index in [0.29, 0.717) is 13.0 Å². The van der Waals surface area contributed by atoms with Gasteiger partial charge in [-0.1, -0.05) is 12.1 Å². The minimum Gasteiger partial charge on any atom is -0.374 e. The van der Waals surface area contributed by atoms with Crippen LogP contribution in [-0.4, -0.2) is 19.1 Å². The van der Waals surface area contributed by atoms with E-state index in [1.54, 1.807) is 18.0 Å². The quantitative estimate of drug-likeness (QED) is 0.900. The second-order valence-corrected chi connectivity index (χ2v) is 5.18. The molecule has 0 radical (unpaired) electrons. The Bertz CT molecular complexity index is 394. The fourth-order valence-electron chi connectivity index (χ4n) is 1.62. The molecule has 0 heterocycles. The molecule has 2 nitrogen and oxygen atoms in total. The van der Waals surface area contributed by atoms with Crippen LogP contribution < -0.4 is 10.6 Å². The van der Waals surface area contributed by atoms with E-state index in [1.807, 2.05) is 13.8 Å². The molecule has 0 amide bonds. The SMILES string of the molecule is CN(CCC(C)(C)N)c1ccccc1C(F)(F)F. The average Bonchev–Trinajstić information content (AvgIpc) is 2.24. The lowest BCUT2D eigenvalue weighted by atomic mass is 10.0. The van der Waals surface area contributed by atoms with Crippen LogP contribution in [0.5, 0.6) is 0 Å². The first-order valence-corrected chi connectivity index (χ1v) is 5.77. The summed E-state index contributed by atoms with van der Waals surface area (Å²) in [6.07, 6.45) is -3.71. The molecule has 0 aromatic heterocycles. The van der Waals surface area contributed by atoms with Gasteiger partial charge in [0, 0.05) is 24.8 Å². The number of hydrogen-bond acceptors (Lipinski definition) is 2. The number of para-hydroxylation sites is 1.